The fourth-order valence-electron chi connectivity index (χ4n) is 5.14. The van der Waals surface area contributed by atoms with E-state index in [2.05, 4.69) is 50.0 Å². The van der Waals surface area contributed by atoms with E-state index in [1.165, 1.54) is 0 Å². The van der Waals surface area contributed by atoms with Gasteiger partial charge in [0.1, 0.15) is 5.75 Å². The first kappa shape index (κ1) is 25.4. The second kappa shape index (κ2) is 11.0. The Morgan fingerprint density at radius 3 is 2.66 bits per heavy atom. The van der Waals surface area contributed by atoms with E-state index in [0.717, 1.165) is 28.3 Å². The number of para-hydroxylation sites is 2. The van der Waals surface area contributed by atoms with Crippen LogP contribution in [0.15, 0.2) is 79.3 Å². The van der Waals surface area contributed by atoms with Gasteiger partial charge in [-0.2, -0.15) is 0 Å². The van der Waals surface area contributed by atoms with Crippen LogP contribution < -0.4 is 15.4 Å². The van der Waals surface area contributed by atoms with E-state index in [-0.39, 0.29) is 24.4 Å². The highest BCUT2D eigenvalue weighted by molar-refractivity contribution is 7.80. The van der Waals surface area contributed by atoms with Crippen molar-refractivity contribution in [1.82, 2.24) is 24.8 Å². The van der Waals surface area contributed by atoms with Crippen LogP contribution in [0, 0.1) is 13.8 Å². The standard InChI is InChI=1S/C29H30N6O2S/c1-19-17-22(20(2)35(19)21-9-8-14-30-18-21)28-27(24-11-6-7-15-31-24)33-29(38)34(28)16-13-26(36)32-23-10-4-5-12-25(23)37-3/h4-12,14-15,17-18,27-28H,13,16H2,1-3H3,(H,32,36)(H,33,38)/t27-,28-/m0/s1. The quantitative estimate of drug-likeness (QED) is 0.316. The number of rotatable bonds is 8. The van der Waals surface area contributed by atoms with Gasteiger partial charge in [0.2, 0.25) is 5.91 Å². The summed E-state index contributed by atoms with van der Waals surface area (Å²) in [5.74, 6) is 0.508. The highest BCUT2D eigenvalue weighted by atomic mass is 32.1. The molecule has 1 saturated heterocycles. The lowest BCUT2D eigenvalue weighted by Gasteiger charge is -2.28. The van der Waals surface area contributed by atoms with Crippen LogP contribution in [-0.4, -0.2) is 44.1 Å². The Balaban J connectivity index is 1.45. The molecule has 0 bridgehead atoms. The Kier molecular flexibility index (Phi) is 7.37. The Morgan fingerprint density at radius 1 is 1.11 bits per heavy atom. The van der Waals surface area contributed by atoms with Gasteiger partial charge in [0.05, 0.1) is 42.5 Å². The zero-order valence-corrected chi connectivity index (χ0v) is 22.4. The fraction of sp³-hybridized carbons (Fsp3) is 0.241. The molecule has 0 aliphatic carbocycles. The minimum absolute atomic E-state index is 0.113. The van der Waals surface area contributed by atoms with Crippen LogP contribution in [0.5, 0.6) is 5.75 Å². The average Bonchev–Trinajstić information content (AvgIpc) is 3.42. The first-order valence-corrected chi connectivity index (χ1v) is 12.9. The molecule has 38 heavy (non-hydrogen) atoms. The molecule has 1 aliphatic rings. The summed E-state index contributed by atoms with van der Waals surface area (Å²) in [6.45, 7) is 4.64. The van der Waals surface area contributed by atoms with Crippen LogP contribution in [0.1, 0.15) is 41.1 Å². The SMILES string of the molecule is COc1ccccc1NC(=O)CCN1C(=S)N[C@@H](c2ccccn2)[C@@H]1c1cc(C)n(-c2cccnc2)c1C. The lowest BCUT2D eigenvalue weighted by Crippen LogP contribution is -2.33. The number of nitrogens with one attached hydrogen (secondary N) is 2. The van der Waals surface area contributed by atoms with E-state index in [9.17, 15) is 4.79 Å². The molecule has 1 aromatic carbocycles. The molecule has 0 saturated carbocycles. The van der Waals surface area contributed by atoms with Gasteiger partial charge in [-0.25, -0.2) is 0 Å². The van der Waals surface area contributed by atoms with Crippen molar-refractivity contribution < 1.29 is 9.53 Å². The average molecular weight is 527 g/mol. The Labute approximate surface area is 227 Å². The number of amides is 1. The van der Waals surface area contributed by atoms with E-state index in [1.54, 1.807) is 19.5 Å². The third-order valence-corrected chi connectivity index (χ3v) is 7.20. The molecular formula is C29H30N6O2S. The van der Waals surface area contributed by atoms with Crippen molar-refractivity contribution in [3.8, 4) is 11.4 Å². The van der Waals surface area contributed by atoms with Crippen LogP contribution >= 0.6 is 12.2 Å². The zero-order valence-electron chi connectivity index (χ0n) is 21.6. The molecule has 2 atom stereocenters. The summed E-state index contributed by atoms with van der Waals surface area (Å²) in [5.41, 5.74) is 5.85. The van der Waals surface area contributed by atoms with Gasteiger partial charge < -0.3 is 24.8 Å². The van der Waals surface area contributed by atoms with Gasteiger partial charge in [0.25, 0.3) is 0 Å². The van der Waals surface area contributed by atoms with Crippen molar-refractivity contribution in [3.63, 3.8) is 0 Å². The van der Waals surface area contributed by atoms with E-state index >= 15 is 0 Å². The smallest absolute Gasteiger partial charge is 0.226 e. The van der Waals surface area contributed by atoms with Crippen LogP contribution in [0.3, 0.4) is 0 Å². The minimum Gasteiger partial charge on any atom is -0.495 e. The van der Waals surface area contributed by atoms with Gasteiger partial charge in [-0.1, -0.05) is 18.2 Å². The highest BCUT2D eigenvalue weighted by Gasteiger charge is 2.41. The zero-order chi connectivity index (χ0) is 26.6. The molecular weight excluding hydrogens is 496 g/mol. The molecule has 3 aromatic heterocycles. The number of benzene rings is 1. The van der Waals surface area contributed by atoms with Crippen molar-refractivity contribution in [3.05, 3.63) is 102 Å². The predicted octanol–water partition coefficient (Wildman–Crippen LogP) is 4.89. The summed E-state index contributed by atoms with van der Waals surface area (Å²) in [6.07, 6.45) is 5.68. The van der Waals surface area contributed by atoms with Crippen molar-refractivity contribution in [1.29, 1.82) is 0 Å². The first-order chi connectivity index (χ1) is 18.5. The number of pyridine rings is 2. The molecule has 8 nitrogen and oxygen atoms in total. The van der Waals surface area contributed by atoms with Crippen molar-refractivity contribution in [2.75, 3.05) is 19.0 Å². The van der Waals surface area contributed by atoms with E-state index in [1.807, 2.05) is 60.8 Å². The lowest BCUT2D eigenvalue weighted by atomic mass is 9.96. The highest BCUT2D eigenvalue weighted by Crippen LogP contribution is 2.41. The molecule has 1 fully saturated rings. The molecule has 4 heterocycles. The Morgan fingerprint density at radius 2 is 1.92 bits per heavy atom. The Hall–Kier alpha value is -4.24. The van der Waals surface area contributed by atoms with Gasteiger partial charge in [-0.15, -0.1) is 0 Å². The lowest BCUT2D eigenvalue weighted by molar-refractivity contribution is -0.116. The summed E-state index contributed by atoms with van der Waals surface area (Å²) in [7, 11) is 1.59. The molecule has 0 unspecified atom stereocenters. The maximum Gasteiger partial charge on any atom is 0.226 e. The van der Waals surface area contributed by atoms with Crippen LogP contribution in [0.25, 0.3) is 5.69 Å². The second-order valence-corrected chi connectivity index (χ2v) is 9.58. The number of carbonyl (C=O) groups is 1. The maximum absolute atomic E-state index is 13.0. The number of aryl methyl sites for hydroxylation is 1. The van der Waals surface area contributed by atoms with Gasteiger partial charge in [0, 0.05) is 36.7 Å². The molecule has 1 amide bonds. The number of hydrogen-bond acceptors (Lipinski definition) is 5. The molecule has 2 N–H and O–H groups in total. The predicted molar refractivity (Wildman–Crippen MR) is 151 cm³/mol. The van der Waals surface area contributed by atoms with Gasteiger partial charge in [-0.3, -0.25) is 14.8 Å². The van der Waals surface area contributed by atoms with Crippen LogP contribution in [0.4, 0.5) is 5.69 Å². The topological polar surface area (TPSA) is 84.3 Å². The number of carbonyl (C=O) groups excluding carboxylic acids is 1. The van der Waals surface area contributed by atoms with E-state index < -0.39 is 0 Å². The summed E-state index contributed by atoms with van der Waals surface area (Å²) in [6, 6.07) is 19.1. The van der Waals surface area contributed by atoms with E-state index in [0.29, 0.717) is 23.1 Å². The third-order valence-electron chi connectivity index (χ3n) is 6.85. The molecule has 1 aliphatic heterocycles. The third kappa shape index (κ3) is 4.97. The molecule has 0 spiro atoms. The number of ether oxygens (including phenoxy) is 1. The fourth-order valence-corrected chi connectivity index (χ4v) is 5.47. The number of thiocarbonyl (C=S) groups is 1. The first-order valence-electron chi connectivity index (χ1n) is 12.5. The van der Waals surface area contributed by atoms with Gasteiger partial charge in [0.15, 0.2) is 5.11 Å². The molecule has 0 radical (unpaired) electrons. The number of hydrogen-bond donors (Lipinski definition) is 2. The van der Waals surface area contributed by atoms with Crippen LogP contribution in [0.2, 0.25) is 0 Å². The summed E-state index contributed by atoms with van der Waals surface area (Å²) in [4.78, 5) is 24.0. The number of methoxy groups -OCH3 is 1. The molecule has 5 rings (SSSR count). The van der Waals surface area contributed by atoms with Crippen molar-refractivity contribution in [2.24, 2.45) is 0 Å². The summed E-state index contributed by atoms with van der Waals surface area (Å²) >= 11 is 5.81. The molecule has 4 aromatic rings. The largest absolute Gasteiger partial charge is 0.495 e. The number of aromatic nitrogens is 3. The van der Waals surface area contributed by atoms with Crippen LogP contribution in [-0.2, 0) is 4.79 Å². The van der Waals surface area contributed by atoms with Crippen molar-refractivity contribution >= 4 is 28.9 Å². The number of anilines is 1. The number of nitrogens with zero attached hydrogens (tertiary/aromatic N) is 4. The molecule has 9 heteroatoms. The normalized spacial score (nSPS) is 16.8. The van der Waals surface area contributed by atoms with Gasteiger partial charge in [-0.05, 0) is 74.1 Å². The van der Waals surface area contributed by atoms with E-state index in [4.69, 9.17) is 17.0 Å². The summed E-state index contributed by atoms with van der Waals surface area (Å²) in [5, 5.41) is 7.04. The Bertz CT molecular complexity index is 1440. The molecule has 194 valence electrons. The monoisotopic (exact) mass is 526 g/mol. The second-order valence-electron chi connectivity index (χ2n) is 9.19. The van der Waals surface area contributed by atoms with Crippen molar-refractivity contribution in [2.45, 2.75) is 32.4 Å². The minimum atomic E-state index is -0.163. The maximum atomic E-state index is 13.0. The van der Waals surface area contributed by atoms with Gasteiger partial charge >= 0.3 is 0 Å². The summed E-state index contributed by atoms with van der Waals surface area (Å²) < 4.78 is 7.57.